The quantitative estimate of drug-likeness (QED) is 0.813. The van der Waals surface area contributed by atoms with Gasteiger partial charge in [-0.3, -0.25) is 4.79 Å². The minimum absolute atomic E-state index is 0.0730. The van der Waals surface area contributed by atoms with Gasteiger partial charge in [0.2, 0.25) is 0 Å². The number of carbonyl (C=O) groups excluding carboxylic acids is 1. The molecule has 3 rings (SSSR count). The molecule has 1 amide bonds. The molecule has 1 aromatic heterocycles. The SMILES string of the molecule is CC(C)c1ncc(Cl)c(C(=O)N2CCCN(C)c3ccc(F)cc32)n1. The Labute approximate surface area is 151 Å². The number of aromatic nitrogens is 2. The Kier molecular flexibility index (Phi) is 4.90. The number of hydrogen-bond acceptors (Lipinski definition) is 4. The van der Waals surface area contributed by atoms with Gasteiger partial charge in [-0.1, -0.05) is 25.4 Å². The maximum absolute atomic E-state index is 13.8. The Bertz CT molecular complexity index is 812. The number of fused-ring (bicyclic) bond motifs is 1. The lowest BCUT2D eigenvalue weighted by molar-refractivity contribution is 0.0982. The van der Waals surface area contributed by atoms with Gasteiger partial charge in [0, 0.05) is 26.1 Å². The van der Waals surface area contributed by atoms with Crippen molar-refractivity contribution in [2.75, 3.05) is 29.9 Å². The van der Waals surface area contributed by atoms with Crippen molar-refractivity contribution in [3.8, 4) is 0 Å². The molecule has 0 radical (unpaired) electrons. The molecular formula is C18H20ClFN4O. The van der Waals surface area contributed by atoms with Crippen molar-refractivity contribution in [2.24, 2.45) is 0 Å². The van der Waals surface area contributed by atoms with E-state index in [1.165, 1.54) is 18.3 Å². The lowest BCUT2D eigenvalue weighted by Gasteiger charge is -2.24. The van der Waals surface area contributed by atoms with Crippen molar-refractivity contribution in [2.45, 2.75) is 26.2 Å². The predicted molar refractivity (Wildman–Crippen MR) is 97.1 cm³/mol. The summed E-state index contributed by atoms with van der Waals surface area (Å²) < 4.78 is 13.8. The van der Waals surface area contributed by atoms with E-state index in [4.69, 9.17) is 11.6 Å². The molecule has 2 aromatic rings. The van der Waals surface area contributed by atoms with E-state index in [-0.39, 0.29) is 28.4 Å². The second-order valence-electron chi connectivity index (χ2n) is 6.44. The van der Waals surface area contributed by atoms with Gasteiger partial charge in [-0.05, 0) is 24.6 Å². The minimum Gasteiger partial charge on any atom is -0.373 e. The summed E-state index contributed by atoms with van der Waals surface area (Å²) in [4.78, 5) is 25.2. The number of amides is 1. The Hall–Kier alpha value is -2.21. The summed E-state index contributed by atoms with van der Waals surface area (Å²) in [6, 6.07) is 4.47. The highest BCUT2D eigenvalue weighted by atomic mass is 35.5. The first-order valence-corrected chi connectivity index (χ1v) is 8.61. The highest BCUT2D eigenvalue weighted by Crippen LogP contribution is 2.33. The van der Waals surface area contributed by atoms with Gasteiger partial charge in [0.05, 0.1) is 22.6 Å². The zero-order valence-corrected chi connectivity index (χ0v) is 15.2. The summed E-state index contributed by atoms with van der Waals surface area (Å²) in [5.74, 6) is -0.0945. The monoisotopic (exact) mass is 362 g/mol. The van der Waals surface area contributed by atoms with E-state index < -0.39 is 0 Å². The first-order valence-electron chi connectivity index (χ1n) is 8.23. The van der Waals surface area contributed by atoms with E-state index in [1.807, 2.05) is 25.8 Å². The molecule has 1 aliphatic heterocycles. The second kappa shape index (κ2) is 6.96. The summed E-state index contributed by atoms with van der Waals surface area (Å²) in [6.45, 7) is 5.14. The number of nitrogens with zero attached hydrogens (tertiary/aromatic N) is 4. The molecule has 2 heterocycles. The molecule has 0 atom stereocenters. The molecule has 0 fully saturated rings. The largest absolute Gasteiger partial charge is 0.373 e. The van der Waals surface area contributed by atoms with Crippen LogP contribution in [0, 0.1) is 5.82 Å². The average Bonchev–Trinajstić information content (AvgIpc) is 2.73. The van der Waals surface area contributed by atoms with Crippen LogP contribution in [-0.4, -0.2) is 36.0 Å². The molecule has 25 heavy (non-hydrogen) atoms. The van der Waals surface area contributed by atoms with Gasteiger partial charge < -0.3 is 9.80 Å². The van der Waals surface area contributed by atoms with E-state index in [2.05, 4.69) is 9.97 Å². The van der Waals surface area contributed by atoms with Gasteiger partial charge in [-0.25, -0.2) is 14.4 Å². The van der Waals surface area contributed by atoms with Crippen LogP contribution in [0.25, 0.3) is 0 Å². The zero-order valence-electron chi connectivity index (χ0n) is 14.5. The van der Waals surface area contributed by atoms with Crippen LogP contribution in [0.4, 0.5) is 15.8 Å². The standard InChI is InChI=1S/C18H20ClFN4O/c1-11(2)17-21-10-13(19)16(22-17)18(25)24-8-4-7-23(3)14-6-5-12(20)9-15(14)24/h5-6,9-11H,4,7-8H2,1-3H3. The summed E-state index contributed by atoms with van der Waals surface area (Å²) >= 11 is 6.19. The van der Waals surface area contributed by atoms with Crippen molar-refractivity contribution < 1.29 is 9.18 Å². The average molecular weight is 363 g/mol. The summed E-state index contributed by atoms with van der Waals surface area (Å²) in [6.07, 6.45) is 2.21. The number of halogens is 2. The third-order valence-electron chi connectivity index (χ3n) is 4.24. The van der Waals surface area contributed by atoms with Crippen LogP contribution in [0.3, 0.4) is 0 Å². The molecule has 0 saturated carbocycles. The Morgan fingerprint density at radius 1 is 1.28 bits per heavy atom. The molecule has 0 saturated heterocycles. The van der Waals surface area contributed by atoms with Gasteiger partial charge in [0.25, 0.3) is 5.91 Å². The first-order chi connectivity index (χ1) is 11.9. The molecule has 0 aliphatic carbocycles. The highest BCUT2D eigenvalue weighted by Gasteiger charge is 2.27. The molecule has 0 bridgehead atoms. The van der Waals surface area contributed by atoms with Crippen molar-refractivity contribution in [1.29, 1.82) is 0 Å². The number of benzene rings is 1. The molecule has 132 valence electrons. The third kappa shape index (κ3) is 3.44. The van der Waals surface area contributed by atoms with Gasteiger partial charge in [0.15, 0.2) is 5.69 Å². The Balaban J connectivity index is 2.07. The topological polar surface area (TPSA) is 49.3 Å². The summed E-state index contributed by atoms with van der Waals surface area (Å²) in [7, 11) is 1.93. The number of anilines is 2. The number of carbonyl (C=O) groups is 1. The maximum atomic E-state index is 13.8. The van der Waals surface area contributed by atoms with Crippen LogP contribution >= 0.6 is 11.6 Å². The van der Waals surface area contributed by atoms with Crippen LogP contribution in [0.1, 0.15) is 42.5 Å². The molecule has 5 nitrogen and oxygen atoms in total. The summed E-state index contributed by atoms with van der Waals surface area (Å²) in [5, 5.41) is 0.199. The van der Waals surface area contributed by atoms with Gasteiger partial charge in [-0.2, -0.15) is 0 Å². The second-order valence-corrected chi connectivity index (χ2v) is 6.85. The smallest absolute Gasteiger partial charge is 0.278 e. The lowest BCUT2D eigenvalue weighted by Crippen LogP contribution is -2.33. The van der Waals surface area contributed by atoms with E-state index in [0.717, 1.165) is 18.7 Å². The van der Waals surface area contributed by atoms with Crippen molar-refractivity contribution >= 4 is 28.9 Å². The van der Waals surface area contributed by atoms with Crippen LogP contribution in [0.2, 0.25) is 5.02 Å². The van der Waals surface area contributed by atoms with Gasteiger partial charge in [-0.15, -0.1) is 0 Å². The first kappa shape index (κ1) is 17.6. The summed E-state index contributed by atoms with van der Waals surface area (Å²) in [5.41, 5.74) is 1.49. The van der Waals surface area contributed by atoms with Crippen molar-refractivity contribution in [3.63, 3.8) is 0 Å². The number of hydrogen-bond donors (Lipinski definition) is 0. The molecule has 1 aromatic carbocycles. The normalized spacial score (nSPS) is 14.5. The Morgan fingerprint density at radius 2 is 2.04 bits per heavy atom. The van der Waals surface area contributed by atoms with Gasteiger partial charge >= 0.3 is 0 Å². The fourth-order valence-electron chi connectivity index (χ4n) is 2.89. The van der Waals surface area contributed by atoms with E-state index >= 15 is 0 Å². The zero-order chi connectivity index (χ0) is 18.1. The molecule has 1 aliphatic rings. The van der Waals surface area contributed by atoms with Gasteiger partial charge in [0.1, 0.15) is 11.6 Å². The minimum atomic E-state index is -0.386. The van der Waals surface area contributed by atoms with E-state index in [9.17, 15) is 9.18 Å². The van der Waals surface area contributed by atoms with E-state index in [0.29, 0.717) is 18.1 Å². The Morgan fingerprint density at radius 3 is 2.76 bits per heavy atom. The van der Waals surface area contributed by atoms with Crippen LogP contribution in [0.15, 0.2) is 24.4 Å². The molecule has 7 heteroatoms. The van der Waals surface area contributed by atoms with E-state index in [1.54, 1.807) is 11.0 Å². The highest BCUT2D eigenvalue weighted by molar-refractivity contribution is 6.34. The fourth-order valence-corrected chi connectivity index (χ4v) is 3.06. The fraction of sp³-hybridized carbons (Fsp3) is 0.389. The molecule has 0 spiro atoms. The van der Waals surface area contributed by atoms with Crippen LogP contribution < -0.4 is 9.80 Å². The third-order valence-corrected chi connectivity index (χ3v) is 4.52. The number of rotatable bonds is 2. The molecular weight excluding hydrogens is 343 g/mol. The van der Waals surface area contributed by atoms with Crippen molar-refractivity contribution in [3.05, 3.63) is 46.8 Å². The predicted octanol–water partition coefficient (Wildman–Crippen LogP) is 3.88. The molecule has 0 N–H and O–H groups in total. The lowest BCUT2D eigenvalue weighted by atomic mass is 10.2. The van der Waals surface area contributed by atoms with Crippen molar-refractivity contribution in [1.82, 2.24) is 9.97 Å². The molecule has 0 unspecified atom stereocenters. The van der Waals surface area contributed by atoms with Crippen LogP contribution in [-0.2, 0) is 0 Å². The van der Waals surface area contributed by atoms with Crippen LogP contribution in [0.5, 0.6) is 0 Å². The maximum Gasteiger partial charge on any atom is 0.278 e.